The zero-order valence-electron chi connectivity index (χ0n) is 9.58. The minimum Gasteiger partial charge on any atom is -0.384 e. The second kappa shape index (κ2) is 5.38. The highest BCUT2D eigenvalue weighted by Gasteiger charge is 2.32. The van der Waals surface area contributed by atoms with Crippen LogP contribution in [0.1, 0.15) is 33.1 Å². The van der Waals surface area contributed by atoms with Crippen molar-refractivity contribution in [3.8, 4) is 0 Å². The van der Waals surface area contributed by atoms with Gasteiger partial charge in [0, 0.05) is 24.2 Å². The highest BCUT2D eigenvalue weighted by atomic mass is 32.2. The van der Waals surface area contributed by atoms with Crippen molar-refractivity contribution < 1.29 is 4.74 Å². The van der Waals surface area contributed by atoms with Crippen LogP contribution in [0.5, 0.6) is 0 Å². The molecule has 1 aliphatic rings. The monoisotopic (exact) mass is 217 g/mol. The van der Waals surface area contributed by atoms with Crippen LogP contribution in [0.2, 0.25) is 0 Å². The van der Waals surface area contributed by atoms with Gasteiger partial charge >= 0.3 is 0 Å². The molecule has 1 aliphatic carbocycles. The number of rotatable bonds is 4. The highest BCUT2D eigenvalue weighted by Crippen LogP contribution is 2.39. The van der Waals surface area contributed by atoms with E-state index in [0.717, 1.165) is 12.4 Å². The molecule has 1 fully saturated rings. The summed E-state index contributed by atoms with van der Waals surface area (Å²) in [6.07, 6.45) is 3.70. The standard InChI is InChI=1S/C11H23NOS/c1-11(2)5-4-9(12)10(8-11)14-7-6-13-3/h9-10H,4-8,12H2,1-3H3. The van der Waals surface area contributed by atoms with E-state index in [-0.39, 0.29) is 0 Å². The van der Waals surface area contributed by atoms with E-state index in [0.29, 0.717) is 16.7 Å². The lowest BCUT2D eigenvalue weighted by Gasteiger charge is -2.38. The van der Waals surface area contributed by atoms with Gasteiger partial charge in [0.15, 0.2) is 0 Å². The van der Waals surface area contributed by atoms with E-state index < -0.39 is 0 Å². The molecule has 0 aromatic heterocycles. The normalized spacial score (nSPS) is 31.7. The molecule has 0 spiro atoms. The van der Waals surface area contributed by atoms with Crippen molar-refractivity contribution in [2.45, 2.75) is 44.4 Å². The van der Waals surface area contributed by atoms with E-state index in [2.05, 4.69) is 13.8 Å². The van der Waals surface area contributed by atoms with Gasteiger partial charge in [-0.25, -0.2) is 0 Å². The zero-order valence-corrected chi connectivity index (χ0v) is 10.4. The fourth-order valence-corrected chi connectivity index (χ4v) is 3.52. The van der Waals surface area contributed by atoms with E-state index >= 15 is 0 Å². The maximum atomic E-state index is 6.12. The second-order valence-electron chi connectivity index (χ2n) is 4.97. The first kappa shape index (κ1) is 12.3. The molecule has 84 valence electrons. The Morgan fingerprint density at radius 2 is 2.21 bits per heavy atom. The molecule has 2 atom stereocenters. The van der Waals surface area contributed by atoms with Crippen molar-refractivity contribution in [3.05, 3.63) is 0 Å². The Labute approximate surface area is 92.0 Å². The molecule has 2 nitrogen and oxygen atoms in total. The number of hydrogen-bond acceptors (Lipinski definition) is 3. The van der Waals surface area contributed by atoms with Crippen LogP contribution in [0, 0.1) is 5.41 Å². The first-order valence-corrected chi connectivity index (χ1v) is 6.46. The summed E-state index contributed by atoms with van der Waals surface area (Å²) in [6, 6.07) is 0.393. The Morgan fingerprint density at radius 3 is 2.86 bits per heavy atom. The van der Waals surface area contributed by atoms with Crippen LogP contribution < -0.4 is 5.73 Å². The van der Waals surface area contributed by atoms with Crippen LogP contribution in [0.3, 0.4) is 0 Å². The summed E-state index contributed by atoms with van der Waals surface area (Å²) in [7, 11) is 1.76. The Bertz CT molecular complexity index is 173. The van der Waals surface area contributed by atoms with Crippen molar-refractivity contribution in [1.82, 2.24) is 0 Å². The molecule has 1 saturated carbocycles. The van der Waals surface area contributed by atoms with Crippen LogP contribution in [-0.4, -0.2) is 30.8 Å². The summed E-state index contributed by atoms with van der Waals surface area (Å²) in [5.41, 5.74) is 6.61. The summed E-state index contributed by atoms with van der Waals surface area (Å²) in [5, 5.41) is 0.633. The molecule has 0 aromatic rings. The van der Waals surface area contributed by atoms with Crippen LogP contribution >= 0.6 is 11.8 Å². The lowest BCUT2D eigenvalue weighted by Crippen LogP contribution is -2.41. The summed E-state index contributed by atoms with van der Waals surface area (Å²) >= 11 is 1.98. The van der Waals surface area contributed by atoms with Gasteiger partial charge in [-0.05, 0) is 24.7 Å². The fraction of sp³-hybridized carbons (Fsp3) is 1.00. The maximum Gasteiger partial charge on any atom is 0.0553 e. The molecule has 0 aromatic carbocycles. The Balaban J connectivity index is 2.33. The number of thioether (sulfide) groups is 1. The zero-order chi connectivity index (χ0) is 10.6. The van der Waals surface area contributed by atoms with Gasteiger partial charge < -0.3 is 10.5 Å². The summed E-state index contributed by atoms with van der Waals surface area (Å²) in [6.45, 7) is 5.54. The molecule has 0 bridgehead atoms. The number of methoxy groups -OCH3 is 1. The molecular formula is C11H23NOS. The fourth-order valence-electron chi connectivity index (χ4n) is 2.01. The van der Waals surface area contributed by atoms with E-state index in [9.17, 15) is 0 Å². The number of nitrogens with two attached hydrogens (primary N) is 1. The van der Waals surface area contributed by atoms with Crippen LogP contribution in [0.25, 0.3) is 0 Å². The van der Waals surface area contributed by atoms with Crippen molar-refractivity contribution >= 4 is 11.8 Å². The molecule has 0 saturated heterocycles. The third kappa shape index (κ3) is 3.79. The molecule has 2 unspecified atom stereocenters. The maximum absolute atomic E-state index is 6.12. The van der Waals surface area contributed by atoms with Crippen molar-refractivity contribution in [1.29, 1.82) is 0 Å². The van der Waals surface area contributed by atoms with Crippen LogP contribution in [0.4, 0.5) is 0 Å². The van der Waals surface area contributed by atoms with Gasteiger partial charge in [-0.3, -0.25) is 0 Å². The van der Waals surface area contributed by atoms with Gasteiger partial charge in [0.05, 0.1) is 6.61 Å². The SMILES string of the molecule is COCCSC1CC(C)(C)CCC1N. The topological polar surface area (TPSA) is 35.2 Å². The Kier molecular flexibility index (Phi) is 4.74. The highest BCUT2D eigenvalue weighted by molar-refractivity contribution is 8.00. The van der Waals surface area contributed by atoms with Gasteiger partial charge in [0.2, 0.25) is 0 Å². The average molecular weight is 217 g/mol. The predicted molar refractivity (Wildman–Crippen MR) is 63.7 cm³/mol. The molecule has 0 aliphatic heterocycles. The van der Waals surface area contributed by atoms with Gasteiger partial charge in [-0.2, -0.15) is 11.8 Å². The third-order valence-electron chi connectivity index (χ3n) is 3.01. The van der Waals surface area contributed by atoms with Gasteiger partial charge in [0.25, 0.3) is 0 Å². The quantitative estimate of drug-likeness (QED) is 0.734. The molecule has 0 radical (unpaired) electrons. The van der Waals surface area contributed by atoms with E-state index in [1.54, 1.807) is 7.11 Å². The largest absolute Gasteiger partial charge is 0.384 e. The van der Waals surface area contributed by atoms with E-state index in [1.165, 1.54) is 19.3 Å². The van der Waals surface area contributed by atoms with Crippen molar-refractivity contribution in [3.63, 3.8) is 0 Å². The molecule has 0 heterocycles. The molecule has 14 heavy (non-hydrogen) atoms. The predicted octanol–water partition coefficient (Wildman–Crippen LogP) is 2.27. The molecular weight excluding hydrogens is 194 g/mol. The second-order valence-corrected chi connectivity index (χ2v) is 6.32. The Hall–Kier alpha value is 0.270. The first-order chi connectivity index (χ1) is 6.55. The summed E-state index contributed by atoms with van der Waals surface area (Å²) in [5.74, 6) is 1.07. The van der Waals surface area contributed by atoms with Crippen LogP contribution in [0.15, 0.2) is 0 Å². The Morgan fingerprint density at radius 1 is 1.50 bits per heavy atom. The van der Waals surface area contributed by atoms with Gasteiger partial charge in [-0.15, -0.1) is 0 Å². The van der Waals surface area contributed by atoms with Crippen LogP contribution in [-0.2, 0) is 4.74 Å². The van der Waals surface area contributed by atoms with E-state index in [4.69, 9.17) is 10.5 Å². The average Bonchev–Trinajstić information content (AvgIpc) is 2.11. The molecule has 0 amide bonds. The van der Waals surface area contributed by atoms with Crippen molar-refractivity contribution in [2.75, 3.05) is 19.5 Å². The summed E-state index contributed by atoms with van der Waals surface area (Å²) < 4.78 is 5.06. The molecule has 2 N–H and O–H groups in total. The van der Waals surface area contributed by atoms with Crippen molar-refractivity contribution in [2.24, 2.45) is 11.1 Å². The summed E-state index contributed by atoms with van der Waals surface area (Å²) in [4.78, 5) is 0. The lowest BCUT2D eigenvalue weighted by molar-refractivity contribution is 0.216. The third-order valence-corrected chi connectivity index (χ3v) is 4.35. The molecule has 3 heteroatoms. The van der Waals surface area contributed by atoms with E-state index in [1.807, 2.05) is 11.8 Å². The number of ether oxygens (including phenoxy) is 1. The minimum absolute atomic E-state index is 0.393. The molecule has 1 rings (SSSR count). The first-order valence-electron chi connectivity index (χ1n) is 5.41. The minimum atomic E-state index is 0.393. The lowest BCUT2D eigenvalue weighted by atomic mass is 9.75. The van der Waals surface area contributed by atoms with Gasteiger partial charge in [-0.1, -0.05) is 13.8 Å². The number of hydrogen-bond donors (Lipinski definition) is 1. The smallest absolute Gasteiger partial charge is 0.0553 e. The van der Waals surface area contributed by atoms with Gasteiger partial charge in [0.1, 0.15) is 0 Å².